The van der Waals surface area contributed by atoms with Crippen molar-refractivity contribution in [3.8, 4) is 0 Å². The van der Waals surface area contributed by atoms with Gasteiger partial charge in [-0.05, 0) is 43.9 Å². The summed E-state index contributed by atoms with van der Waals surface area (Å²) in [5, 5.41) is 0. The van der Waals surface area contributed by atoms with Crippen LogP contribution in [0.2, 0.25) is 0 Å². The Bertz CT molecular complexity index is 345. The van der Waals surface area contributed by atoms with Gasteiger partial charge in [-0.15, -0.1) is 0 Å². The van der Waals surface area contributed by atoms with E-state index in [2.05, 4.69) is 13.8 Å². The monoisotopic (exact) mass is 324 g/mol. The summed E-state index contributed by atoms with van der Waals surface area (Å²) >= 11 is 0. The average Bonchev–Trinajstić information content (AvgIpc) is 2.59. The predicted molar refractivity (Wildman–Crippen MR) is 95.7 cm³/mol. The Hall–Kier alpha value is -0.313. The van der Waals surface area contributed by atoms with Gasteiger partial charge < -0.3 is 4.43 Å². The van der Waals surface area contributed by atoms with Crippen LogP contribution in [0, 0.1) is 23.2 Å². The molecular weight excluding hydrogens is 288 g/mol. The van der Waals surface area contributed by atoms with E-state index in [1.54, 1.807) is 0 Å². The summed E-state index contributed by atoms with van der Waals surface area (Å²) in [5.41, 5.74) is -0.222. The summed E-state index contributed by atoms with van der Waals surface area (Å²) in [4.78, 5) is 12.9. The maximum Gasteiger partial charge on any atom is 0.298 e. The van der Waals surface area contributed by atoms with Crippen LogP contribution >= 0.6 is 0 Å². The van der Waals surface area contributed by atoms with Crippen molar-refractivity contribution < 1.29 is 9.22 Å². The molecule has 0 aromatic heterocycles. The Kier molecular flexibility index (Phi) is 6.98. The molecule has 128 valence electrons. The molecule has 22 heavy (non-hydrogen) atoms. The summed E-state index contributed by atoms with van der Waals surface area (Å²) < 4.78 is 5.49. The molecule has 2 nitrogen and oxygen atoms in total. The highest BCUT2D eigenvalue weighted by atomic mass is 28.2. The van der Waals surface area contributed by atoms with Crippen molar-refractivity contribution in [3.05, 3.63) is 0 Å². The lowest BCUT2D eigenvalue weighted by Gasteiger charge is -2.47. The zero-order valence-corrected chi connectivity index (χ0v) is 17.0. The fourth-order valence-corrected chi connectivity index (χ4v) is 5.86. The SMILES string of the molecule is CCCC(C1CCCCC1)C(C)(C(=O)O[SiH3])C1CCCCC1. The number of hydrogen-bond acceptors (Lipinski definition) is 2. The van der Waals surface area contributed by atoms with Crippen molar-refractivity contribution in [1.82, 2.24) is 0 Å². The third kappa shape index (κ3) is 3.77. The smallest absolute Gasteiger partial charge is 0.298 e. The lowest BCUT2D eigenvalue weighted by atomic mass is 9.57. The number of carbonyl (C=O) groups is 1. The topological polar surface area (TPSA) is 26.3 Å². The highest BCUT2D eigenvalue weighted by Crippen LogP contribution is 2.51. The van der Waals surface area contributed by atoms with Crippen LogP contribution in [0.1, 0.15) is 90.9 Å². The minimum Gasteiger partial charge on any atom is -0.528 e. The van der Waals surface area contributed by atoms with Crippen LogP contribution in [-0.4, -0.2) is 16.5 Å². The Labute approximate surface area is 140 Å². The van der Waals surface area contributed by atoms with Crippen LogP contribution in [-0.2, 0) is 9.22 Å². The van der Waals surface area contributed by atoms with Gasteiger partial charge in [0.25, 0.3) is 5.97 Å². The van der Waals surface area contributed by atoms with Crippen molar-refractivity contribution in [2.45, 2.75) is 90.9 Å². The van der Waals surface area contributed by atoms with Crippen LogP contribution in [0.4, 0.5) is 0 Å². The molecular formula is C19H36O2Si. The van der Waals surface area contributed by atoms with Gasteiger partial charge in [0.05, 0.1) is 5.41 Å². The Morgan fingerprint density at radius 3 is 2.14 bits per heavy atom. The molecule has 0 heterocycles. The largest absolute Gasteiger partial charge is 0.528 e. The first-order valence-corrected chi connectivity index (χ1v) is 10.5. The molecule has 0 amide bonds. The summed E-state index contributed by atoms with van der Waals surface area (Å²) in [6, 6.07) is 0. The highest BCUT2D eigenvalue weighted by molar-refractivity contribution is 6.06. The molecule has 2 fully saturated rings. The molecule has 0 N–H and O–H groups in total. The summed E-state index contributed by atoms with van der Waals surface area (Å²) in [5.74, 6) is 1.99. The van der Waals surface area contributed by atoms with Crippen molar-refractivity contribution in [1.29, 1.82) is 0 Å². The molecule has 0 radical (unpaired) electrons. The van der Waals surface area contributed by atoms with Crippen molar-refractivity contribution in [2.24, 2.45) is 23.2 Å². The zero-order valence-electron chi connectivity index (χ0n) is 15.0. The first kappa shape index (κ1) is 18.0. The van der Waals surface area contributed by atoms with Crippen LogP contribution in [0.15, 0.2) is 0 Å². The Morgan fingerprint density at radius 2 is 1.64 bits per heavy atom. The summed E-state index contributed by atoms with van der Waals surface area (Å²) in [6.45, 7) is 4.56. The van der Waals surface area contributed by atoms with E-state index in [1.165, 1.54) is 77.0 Å². The van der Waals surface area contributed by atoms with Gasteiger partial charge in [-0.2, -0.15) is 0 Å². The average molecular weight is 325 g/mol. The van der Waals surface area contributed by atoms with E-state index in [4.69, 9.17) is 4.43 Å². The molecule has 2 rings (SSSR count). The van der Waals surface area contributed by atoms with Crippen LogP contribution in [0.5, 0.6) is 0 Å². The van der Waals surface area contributed by atoms with Gasteiger partial charge in [-0.3, -0.25) is 4.79 Å². The third-order valence-corrected chi connectivity index (χ3v) is 7.04. The number of rotatable bonds is 6. The molecule has 2 aliphatic carbocycles. The highest BCUT2D eigenvalue weighted by Gasteiger charge is 2.50. The Balaban J connectivity index is 2.27. The van der Waals surface area contributed by atoms with Crippen molar-refractivity contribution in [2.75, 3.05) is 0 Å². The van der Waals surface area contributed by atoms with E-state index in [0.29, 0.717) is 22.3 Å². The van der Waals surface area contributed by atoms with E-state index in [0.717, 1.165) is 5.92 Å². The van der Waals surface area contributed by atoms with E-state index in [1.807, 2.05) is 0 Å². The van der Waals surface area contributed by atoms with Gasteiger partial charge in [0, 0.05) is 0 Å². The molecule has 0 spiro atoms. The molecule has 0 bridgehead atoms. The Morgan fingerprint density at radius 1 is 1.09 bits per heavy atom. The third-order valence-electron chi connectivity index (χ3n) is 6.67. The van der Waals surface area contributed by atoms with Crippen LogP contribution in [0.25, 0.3) is 0 Å². The molecule has 2 aliphatic rings. The lowest BCUT2D eigenvalue weighted by Crippen LogP contribution is -2.47. The van der Waals surface area contributed by atoms with Gasteiger partial charge >= 0.3 is 0 Å². The fourth-order valence-electron chi connectivity index (χ4n) is 5.42. The van der Waals surface area contributed by atoms with Crippen molar-refractivity contribution in [3.63, 3.8) is 0 Å². The van der Waals surface area contributed by atoms with Gasteiger partial charge in [0.15, 0.2) is 0 Å². The molecule has 0 aromatic rings. The van der Waals surface area contributed by atoms with E-state index >= 15 is 0 Å². The van der Waals surface area contributed by atoms with E-state index in [-0.39, 0.29) is 11.4 Å². The summed E-state index contributed by atoms with van der Waals surface area (Å²) in [6.07, 6.45) is 15.6. The maximum atomic E-state index is 12.9. The zero-order chi connectivity index (χ0) is 16.0. The molecule has 0 aliphatic heterocycles. The second-order valence-corrected chi connectivity index (χ2v) is 8.31. The van der Waals surface area contributed by atoms with Gasteiger partial charge in [0.1, 0.15) is 0 Å². The summed E-state index contributed by atoms with van der Waals surface area (Å²) in [7, 11) is 0.538. The molecule has 3 heteroatoms. The fraction of sp³-hybridized carbons (Fsp3) is 0.947. The van der Waals surface area contributed by atoms with Crippen LogP contribution in [0.3, 0.4) is 0 Å². The molecule has 2 saturated carbocycles. The number of carbonyl (C=O) groups excluding carboxylic acids is 1. The first-order valence-electron chi connectivity index (χ1n) is 9.73. The molecule has 2 atom stereocenters. The van der Waals surface area contributed by atoms with Crippen LogP contribution < -0.4 is 0 Å². The first-order chi connectivity index (χ1) is 10.6. The minimum atomic E-state index is -0.222. The molecule has 0 saturated heterocycles. The van der Waals surface area contributed by atoms with E-state index in [9.17, 15) is 4.79 Å². The minimum absolute atomic E-state index is 0.134. The second kappa shape index (κ2) is 8.51. The quantitative estimate of drug-likeness (QED) is 0.677. The van der Waals surface area contributed by atoms with Crippen molar-refractivity contribution >= 4 is 16.5 Å². The van der Waals surface area contributed by atoms with Gasteiger partial charge in [-0.25, -0.2) is 0 Å². The second-order valence-electron chi connectivity index (χ2n) is 7.90. The lowest BCUT2D eigenvalue weighted by molar-refractivity contribution is -0.156. The van der Waals surface area contributed by atoms with Gasteiger partial charge in [0.2, 0.25) is 10.5 Å². The number of hydrogen-bond donors (Lipinski definition) is 0. The normalized spacial score (nSPS) is 25.5. The predicted octanol–water partition coefficient (Wildman–Crippen LogP) is 4.39. The maximum absolute atomic E-state index is 12.9. The van der Waals surface area contributed by atoms with E-state index < -0.39 is 0 Å². The molecule has 0 aromatic carbocycles. The van der Waals surface area contributed by atoms with Gasteiger partial charge in [-0.1, -0.05) is 64.7 Å². The standard InChI is InChI=1S/C19H36O2Si/c1-3-10-17(15-11-6-4-7-12-15)19(2,18(20)21-22)16-13-8-5-9-14-16/h15-17H,3-14H2,1-2,22H3. The molecule has 2 unspecified atom stereocenters.